The Morgan fingerprint density at radius 1 is 1.04 bits per heavy atom. The molecule has 5 heteroatoms. The number of hydrogen-bond acceptors (Lipinski definition) is 3. The lowest BCUT2D eigenvalue weighted by atomic mass is 9.85. The molecule has 0 radical (unpaired) electrons. The van der Waals surface area contributed by atoms with Crippen molar-refractivity contribution in [2.75, 3.05) is 6.54 Å². The number of fused-ring (bicyclic) bond motifs is 5. The van der Waals surface area contributed by atoms with Crippen LogP contribution in [0.15, 0.2) is 42.5 Å². The Balaban J connectivity index is 1.31. The minimum atomic E-state index is -0.181. The van der Waals surface area contributed by atoms with Gasteiger partial charge in [0.1, 0.15) is 0 Å². The Morgan fingerprint density at radius 3 is 2.29 bits per heavy atom. The molecule has 2 bridgehead atoms. The van der Waals surface area contributed by atoms with Gasteiger partial charge >= 0.3 is 0 Å². The average molecular weight is 324 g/mol. The highest BCUT2D eigenvalue weighted by atomic mass is 16.2. The van der Waals surface area contributed by atoms with E-state index in [0.717, 1.165) is 12.0 Å². The van der Waals surface area contributed by atoms with E-state index in [9.17, 15) is 14.4 Å². The second kappa shape index (κ2) is 5.89. The highest BCUT2D eigenvalue weighted by Gasteiger charge is 2.58. The summed E-state index contributed by atoms with van der Waals surface area (Å²) in [4.78, 5) is 38.3. The number of nitrogens with one attached hydrogen (secondary N) is 1. The molecule has 3 aliphatic rings. The average Bonchev–Trinajstić information content (AvgIpc) is 3.27. The van der Waals surface area contributed by atoms with E-state index >= 15 is 0 Å². The van der Waals surface area contributed by atoms with Crippen molar-refractivity contribution in [3.05, 3.63) is 48.0 Å². The predicted octanol–water partition coefficient (Wildman–Crippen LogP) is 1.50. The van der Waals surface area contributed by atoms with Gasteiger partial charge in [-0.2, -0.15) is 0 Å². The topological polar surface area (TPSA) is 66.5 Å². The Hall–Kier alpha value is -2.43. The Kier molecular flexibility index (Phi) is 3.71. The van der Waals surface area contributed by atoms with Crippen molar-refractivity contribution in [3.8, 4) is 0 Å². The van der Waals surface area contributed by atoms with E-state index < -0.39 is 0 Å². The standard InChI is InChI=1S/C19H20N2O3/c22-15(20-11-12-4-2-1-3-5-12)8-9-21-18(23)16-13-6-7-14(10-13)17(16)19(21)24/h1-7,13-14,16-17H,8-11H2,(H,20,22)/t13-,14-,16+,17+/m0/s1. The second-order valence-electron chi connectivity index (χ2n) is 6.84. The van der Waals surface area contributed by atoms with Crippen LogP contribution in [0.25, 0.3) is 0 Å². The fourth-order valence-corrected chi connectivity index (χ4v) is 4.28. The van der Waals surface area contributed by atoms with Gasteiger partial charge in [0.2, 0.25) is 17.7 Å². The maximum Gasteiger partial charge on any atom is 0.233 e. The molecule has 1 heterocycles. The molecule has 1 N–H and O–H groups in total. The zero-order chi connectivity index (χ0) is 16.7. The van der Waals surface area contributed by atoms with E-state index in [2.05, 4.69) is 17.5 Å². The molecule has 4 rings (SSSR count). The first-order chi connectivity index (χ1) is 11.6. The summed E-state index contributed by atoms with van der Waals surface area (Å²) in [5, 5.41) is 2.83. The van der Waals surface area contributed by atoms with Crippen molar-refractivity contribution in [3.63, 3.8) is 0 Å². The van der Waals surface area contributed by atoms with Gasteiger partial charge in [0, 0.05) is 19.5 Å². The second-order valence-corrected chi connectivity index (χ2v) is 6.84. The monoisotopic (exact) mass is 324 g/mol. The van der Waals surface area contributed by atoms with Gasteiger partial charge in [0.05, 0.1) is 11.8 Å². The maximum absolute atomic E-state index is 12.5. The molecular formula is C19H20N2O3. The van der Waals surface area contributed by atoms with Gasteiger partial charge in [-0.15, -0.1) is 0 Å². The minimum absolute atomic E-state index is 0.0855. The summed E-state index contributed by atoms with van der Waals surface area (Å²) in [5.74, 6) is -0.241. The van der Waals surface area contributed by atoms with Gasteiger partial charge in [-0.25, -0.2) is 0 Å². The molecule has 0 unspecified atom stereocenters. The van der Waals surface area contributed by atoms with Crippen molar-refractivity contribution in [2.45, 2.75) is 19.4 Å². The van der Waals surface area contributed by atoms with Gasteiger partial charge in [-0.05, 0) is 23.8 Å². The van der Waals surface area contributed by atoms with Crippen LogP contribution >= 0.6 is 0 Å². The summed E-state index contributed by atoms with van der Waals surface area (Å²) >= 11 is 0. The SMILES string of the molecule is O=C(CCN1C(=O)[C@H]2[C@H](C1=O)[C@H]1C=C[C@H]2C1)NCc1ccccc1. The predicted molar refractivity (Wildman–Crippen MR) is 87.3 cm³/mol. The largest absolute Gasteiger partial charge is 0.352 e. The number of allylic oxidation sites excluding steroid dienone is 2. The molecule has 1 saturated heterocycles. The zero-order valence-corrected chi connectivity index (χ0v) is 13.4. The molecule has 0 aromatic heterocycles. The molecule has 1 aliphatic heterocycles. The fourth-order valence-electron chi connectivity index (χ4n) is 4.28. The van der Waals surface area contributed by atoms with Crippen molar-refractivity contribution >= 4 is 17.7 Å². The fraction of sp³-hybridized carbons (Fsp3) is 0.421. The number of carbonyl (C=O) groups is 3. The summed E-state index contributed by atoms with van der Waals surface area (Å²) < 4.78 is 0. The van der Waals surface area contributed by atoms with E-state index in [1.807, 2.05) is 30.3 Å². The lowest BCUT2D eigenvalue weighted by Gasteiger charge is -2.16. The van der Waals surface area contributed by atoms with Crippen molar-refractivity contribution < 1.29 is 14.4 Å². The first kappa shape index (κ1) is 15.1. The Bertz CT molecular complexity index is 683. The molecule has 2 aliphatic carbocycles. The first-order valence-corrected chi connectivity index (χ1v) is 8.49. The third-order valence-corrected chi connectivity index (χ3v) is 5.46. The van der Waals surface area contributed by atoms with Crippen LogP contribution in [0.5, 0.6) is 0 Å². The van der Waals surface area contributed by atoms with E-state index in [0.29, 0.717) is 6.54 Å². The number of benzene rings is 1. The van der Waals surface area contributed by atoms with Gasteiger partial charge in [0.15, 0.2) is 0 Å². The highest BCUT2D eigenvalue weighted by Crippen LogP contribution is 2.52. The van der Waals surface area contributed by atoms with Crippen molar-refractivity contribution in [2.24, 2.45) is 23.7 Å². The smallest absolute Gasteiger partial charge is 0.233 e. The molecule has 124 valence electrons. The van der Waals surface area contributed by atoms with Gasteiger partial charge in [0.25, 0.3) is 0 Å². The molecule has 4 atom stereocenters. The lowest BCUT2D eigenvalue weighted by molar-refractivity contribution is -0.141. The molecule has 24 heavy (non-hydrogen) atoms. The molecule has 3 amide bonds. The normalized spacial score (nSPS) is 30.1. The molecule has 1 saturated carbocycles. The molecule has 0 spiro atoms. The summed E-state index contributed by atoms with van der Waals surface area (Å²) in [6.45, 7) is 0.644. The van der Waals surface area contributed by atoms with Gasteiger partial charge < -0.3 is 5.32 Å². The summed E-state index contributed by atoms with van der Waals surface area (Å²) in [6, 6.07) is 9.65. The third kappa shape index (κ3) is 2.44. The number of carbonyl (C=O) groups excluding carboxylic acids is 3. The Morgan fingerprint density at radius 2 is 1.67 bits per heavy atom. The van der Waals surface area contributed by atoms with Crippen LogP contribution < -0.4 is 5.32 Å². The minimum Gasteiger partial charge on any atom is -0.352 e. The van der Waals surface area contributed by atoms with Gasteiger partial charge in [-0.1, -0.05) is 42.5 Å². The van der Waals surface area contributed by atoms with Crippen LogP contribution in [-0.2, 0) is 20.9 Å². The zero-order valence-electron chi connectivity index (χ0n) is 13.4. The molecule has 1 aromatic carbocycles. The van der Waals surface area contributed by atoms with Crippen molar-refractivity contribution in [1.29, 1.82) is 0 Å². The van der Waals surface area contributed by atoms with Crippen LogP contribution in [0.3, 0.4) is 0 Å². The van der Waals surface area contributed by atoms with Crippen LogP contribution in [-0.4, -0.2) is 29.2 Å². The third-order valence-electron chi connectivity index (χ3n) is 5.46. The maximum atomic E-state index is 12.5. The van der Waals surface area contributed by atoms with E-state index in [4.69, 9.17) is 0 Å². The van der Waals surface area contributed by atoms with Crippen LogP contribution in [0.4, 0.5) is 0 Å². The van der Waals surface area contributed by atoms with Crippen LogP contribution in [0.2, 0.25) is 0 Å². The summed E-state index contributed by atoms with van der Waals surface area (Å²) in [6.07, 6.45) is 5.24. The van der Waals surface area contributed by atoms with Crippen LogP contribution in [0, 0.1) is 23.7 Å². The molecule has 5 nitrogen and oxygen atoms in total. The van der Waals surface area contributed by atoms with E-state index in [1.54, 1.807) is 0 Å². The number of rotatable bonds is 5. The highest BCUT2D eigenvalue weighted by molar-refractivity contribution is 6.06. The number of nitrogens with zero attached hydrogens (tertiary/aromatic N) is 1. The molecule has 1 aromatic rings. The summed E-state index contributed by atoms with van der Waals surface area (Å²) in [5.41, 5.74) is 1.02. The van der Waals surface area contributed by atoms with Gasteiger partial charge in [-0.3, -0.25) is 19.3 Å². The van der Waals surface area contributed by atoms with Crippen molar-refractivity contribution in [1.82, 2.24) is 10.2 Å². The molecule has 2 fully saturated rings. The quantitative estimate of drug-likeness (QED) is 0.659. The van der Waals surface area contributed by atoms with E-state index in [-0.39, 0.29) is 54.4 Å². The number of likely N-dealkylation sites (tertiary alicyclic amines) is 1. The number of imide groups is 1. The van der Waals surface area contributed by atoms with Crippen LogP contribution in [0.1, 0.15) is 18.4 Å². The number of amides is 3. The molecular weight excluding hydrogens is 304 g/mol. The Labute approximate surface area is 140 Å². The first-order valence-electron chi connectivity index (χ1n) is 8.49. The summed E-state index contributed by atoms with van der Waals surface area (Å²) in [7, 11) is 0. The lowest BCUT2D eigenvalue weighted by Crippen LogP contribution is -2.36. The number of hydrogen-bond donors (Lipinski definition) is 1. The van der Waals surface area contributed by atoms with E-state index in [1.165, 1.54) is 4.90 Å².